The summed E-state index contributed by atoms with van der Waals surface area (Å²) in [5.41, 5.74) is 34.5. The molecular weight excluding hydrogens is 1480 g/mol. The Labute approximate surface area is 644 Å². The van der Waals surface area contributed by atoms with Crippen LogP contribution < -0.4 is 104 Å². The number of aromatic nitrogens is 2. The molecule has 2 rings (SSSR count). The maximum Gasteiger partial charge on any atom is 0.326 e. The Morgan fingerprint density at radius 2 is 0.714 bits per heavy atom. The summed E-state index contributed by atoms with van der Waals surface area (Å²) in [4.78, 5) is 247. The minimum atomic E-state index is -2.05. The molecule has 0 bridgehead atoms. The van der Waals surface area contributed by atoms with Gasteiger partial charge in [0.1, 0.15) is 78.5 Å². The Bertz CT molecular complexity index is 3530. The van der Waals surface area contributed by atoms with Crippen molar-refractivity contribution in [3.8, 4) is 0 Å². The monoisotopic (exact) mass is 1590 g/mol. The van der Waals surface area contributed by atoms with Gasteiger partial charge in [-0.05, 0) is 117 Å². The first-order chi connectivity index (χ1) is 52.6. The number of carboxylic acids is 3. The molecular formula is C68H109N21O23. The van der Waals surface area contributed by atoms with Crippen molar-refractivity contribution < 1.29 is 112 Å². The number of nitrogens with one attached hydrogen (secondary N) is 14. The Kier molecular flexibility index (Phi) is 42.9. The molecule has 0 fully saturated rings. The van der Waals surface area contributed by atoms with Crippen molar-refractivity contribution in [1.29, 1.82) is 0 Å². The van der Waals surface area contributed by atoms with Crippen molar-refractivity contribution in [3.63, 3.8) is 0 Å². The Hall–Kier alpha value is -11.3. The van der Waals surface area contributed by atoms with Crippen LogP contribution in [0.15, 0.2) is 42.9 Å². The SMILES string of the molecule is CC(C)[C@H](NC(=O)[C@@H](NC(=O)[C@H](CCCCN)NC(=O)[C@@H](NC(=O)[C@H](Cc1ccccc1)NC(=O)[C@H](CC(N)=O)NC(=O)[C@H](C)NC(=O)[C@H](CCCCN)NC(=O)[C@H](CC(=O)O)NC(=O)[C@H](CCCCN)NC(=O)[C@H](CC(N)=O)NC(=O)[C@H](C)NC(=O)[C@H](Cc1cnc[nH]1)NC(=O)[C@@H](N)CC(=O)O)[C@@H](C)O)[C@@H](C)O)C(=O)O. The van der Waals surface area contributed by atoms with Crippen LogP contribution in [-0.2, 0) is 99.1 Å². The number of benzene rings is 1. The van der Waals surface area contributed by atoms with E-state index in [0.29, 0.717) is 17.7 Å². The maximum atomic E-state index is 14.4. The summed E-state index contributed by atoms with van der Waals surface area (Å²) in [6.07, 6.45) is -4.78. The molecule has 44 heteroatoms. The third-order valence-corrected chi connectivity index (χ3v) is 16.9. The summed E-state index contributed by atoms with van der Waals surface area (Å²) in [5.74, 6) is -22.4. The minimum absolute atomic E-state index is 0.0657. The molecule has 2 aromatic rings. The van der Waals surface area contributed by atoms with Gasteiger partial charge in [-0.25, -0.2) is 9.78 Å². The summed E-state index contributed by atoms with van der Waals surface area (Å²) >= 11 is 0. The van der Waals surface area contributed by atoms with Gasteiger partial charge in [0.05, 0.1) is 50.3 Å². The first-order valence-electron chi connectivity index (χ1n) is 36.1. The van der Waals surface area contributed by atoms with E-state index in [1.54, 1.807) is 30.3 Å². The number of nitrogens with two attached hydrogens (primary N) is 6. The van der Waals surface area contributed by atoms with E-state index in [4.69, 9.17) is 39.5 Å². The number of aliphatic hydroxyl groups is 2. The molecule has 16 atom stereocenters. The smallest absolute Gasteiger partial charge is 0.326 e. The van der Waals surface area contributed by atoms with Gasteiger partial charge in [-0.15, -0.1) is 0 Å². The first-order valence-corrected chi connectivity index (χ1v) is 36.1. The third-order valence-electron chi connectivity index (χ3n) is 16.9. The second kappa shape index (κ2) is 49.7. The van der Waals surface area contributed by atoms with Gasteiger partial charge in [-0.3, -0.25) is 81.5 Å². The lowest BCUT2D eigenvalue weighted by Crippen LogP contribution is -2.63. The van der Waals surface area contributed by atoms with Crippen molar-refractivity contribution in [1.82, 2.24) is 79.1 Å². The number of aromatic amines is 1. The van der Waals surface area contributed by atoms with Crippen LogP contribution in [-0.4, -0.2) is 258 Å². The fourth-order valence-electron chi connectivity index (χ4n) is 10.7. The summed E-state index contributed by atoms with van der Waals surface area (Å²) in [6.45, 7) is 7.78. The third kappa shape index (κ3) is 35.6. The van der Waals surface area contributed by atoms with Crippen LogP contribution in [0.25, 0.3) is 0 Å². The predicted molar refractivity (Wildman–Crippen MR) is 394 cm³/mol. The van der Waals surface area contributed by atoms with Gasteiger partial charge in [-0.2, -0.15) is 0 Å². The zero-order valence-corrected chi connectivity index (χ0v) is 63.1. The van der Waals surface area contributed by atoms with Crippen molar-refractivity contribution in [2.75, 3.05) is 19.6 Å². The van der Waals surface area contributed by atoms with Crippen molar-refractivity contribution in [2.45, 2.75) is 235 Å². The first kappa shape index (κ1) is 96.7. The number of H-pyrrole nitrogens is 1. The minimum Gasteiger partial charge on any atom is -0.481 e. The molecule has 0 aliphatic heterocycles. The molecule has 0 saturated carbocycles. The zero-order chi connectivity index (χ0) is 84.6. The van der Waals surface area contributed by atoms with Gasteiger partial charge >= 0.3 is 17.9 Å². The fourth-order valence-corrected chi connectivity index (χ4v) is 10.7. The zero-order valence-electron chi connectivity index (χ0n) is 63.1. The van der Waals surface area contributed by atoms with Crippen LogP contribution >= 0.6 is 0 Å². The van der Waals surface area contributed by atoms with Crippen molar-refractivity contribution >= 4 is 107 Å². The number of hydrogen-bond acceptors (Lipinski definition) is 25. The molecule has 0 saturated heterocycles. The largest absolute Gasteiger partial charge is 0.481 e. The molecule has 1 aromatic carbocycles. The molecule has 624 valence electrons. The maximum absolute atomic E-state index is 14.4. The lowest BCUT2D eigenvalue weighted by Gasteiger charge is -2.29. The second-order valence-electron chi connectivity index (χ2n) is 26.9. The molecule has 0 radical (unpaired) electrons. The predicted octanol–water partition coefficient (Wildman–Crippen LogP) is -9.55. The number of unbranched alkanes of at least 4 members (excludes halogenated alkanes) is 3. The van der Waals surface area contributed by atoms with Crippen LogP contribution in [0.4, 0.5) is 0 Å². The van der Waals surface area contributed by atoms with Gasteiger partial charge in [0.15, 0.2) is 0 Å². The Morgan fingerprint density at radius 3 is 1.10 bits per heavy atom. The molecule has 0 aliphatic rings. The highest BCUT2D eigenvalue weighted by Gasteiger charge is 2.40. The standard InChI is InChI=1S/C68H109N21O23/c1-32(2)52(68(111)112)87-67(110)54(36(6)91)88-60(103)42(20-12-15-23-71)81-66(109)53(35(5)90)89-65(108)43(24-37-16-8-7-9-17-37)85-63(106)46(28-49(74)93)83-55(98)33(3)77-58(101)40(18-10-13-21-69)79-64(107)47(29-51(96)97)86-59(102)41(19-11-14-22-70)80-62(105)45(27-48(73)92)82-56(99)34(4)78-61(104)44(25-38-30-75-31-76-38)84-57(100)39(72)26-50(94)95/h7-9,16-17,30-36,39-47,52-54,90-91H,10-15,18-29,69-72H2,1-6H3,(H2,73,92)(H2,74,93)(H,75,76)(H,77,101)(H,78,104)(H,79,107)(H,80,105)(H,81,109)(H,82,99)(H,83,98)(H,84,100)(H,85,106)(H,86,102)(H,87,110)(H,88,103)(H,89,108)(H,94,95)(H,96,97)(H,111,112)/t33-,34-,35+,36+,39-,40-,41-,42-,43-,44-,45-,46-,47-,52-,53-,54-/m0/s1. The highest BCUT2D eigenvalue weighted by molar-refractivity contribution is 6.02. The lowest BCUT2D eigenvalue weighted by molar-refractivity contribution is -0.144. The number of nitrogens with zero attached hydrogens (tertiary/aromatic N) is 1. The number of hydrogen-bond donors (Lipinski definition) is 25. The van der Waals surface area contributed by atoms with Gasteiger partial charge in [0.25, 0.3) is 0 Å². The van der Waals surface area contributed by atoms with Crippen molar-refractivity contribution in [3.05, 3.63) is 54.1 Å². The summed E-state index contributed by atoms with van der Waals surface area (Å²) < 4.78 is 0. The van der Waals surface area contributed by atoms with Crippen LogP contribution in [0.2, 0.25) is 0 Å². The number of carbonyl (C=O) groups is 18. The highest BCUT2D eigenvalue weighted by atomic mass is 16.4. The van der Waals surface area contributed by atoms with Gasteiger partial charge < -0.3 is 134 Å². The van der Waals surface area contributed by atoms with Crippen LogP contribution in [0.1, 0.15) is 136 Å². The summed E-state index contributed by atoms with van der Waals surface area (Å²) in [7, 11) is 0. The topological polar surface area (TPSA) is 750 Å². The molecule has 112 heavy (non-hydrogen) atoms. The molecule has 0 unspecified atom stereocenters. The van der Waals surface area contributed by atoms with E-state index in [0.717, 1.165) is 27.7 Å². The van der Waals surface area contributed by atoms with Gasteiger partial charge in [0, 0.05) is 24.7 Å². The number of aliphatic hydroxyl groups excluding tert-OH is 2. The molecule has 0 aliphatic carbocycles. The van der Waals surface area contributed by atoms with E-state index >= 15 is 0 Å². The molecule has 44 nitrogen and oxygen atoms in total. The molecule has 1 aromatic heterocycles. The van der Waals surface area contributed by atoms with Crippen LogP contribution in [0, 0.1) is 5.92 Å². The Morgan fingerprint density at radius 1 is 0.384 bits per heavy atom. The van der Waals surface area contributed by atoms with E-state index in [2.05, 4.69) is 79.1 Å². The van der Waals surface area contributed by atoms with E-state index in [-0.39, 0.29) is 83.8 Å². The van der Waals surface area contributed by atoms with Crippen LogP contribution in [0.5, 0.6) is 0 Å². The number of carboxylic acid groups (broad SMARTS) is 3. The van der Waals surface area contributed by atoms with E-state index in [9.17, 15) is 107 Å². The fraction of sp³-hybridized carbons (Fsp3) is 0.603. The number of carbonyl (C=O) groups excluding carboxylic acids is 15. The number of aliphatic carboxylic acids is 3. The molecule has 15 amide bonds. The van der Waals surface area contributed by atoms with E-state index < -0.39 is 235 Å². The molecule has 31 N–H and O–H groups in total. The number of primary amides is 2. The van der Waals surface area contributed by atoms with Crippen molar-refractivity contribution in [2.24, 2.45) is 40.3 Å². The Balaban J connectivity index is 2.45. The lowest BCUT2D eigenvalue weighted by atomic mass is 10.0. The average Bonchev–Trinajstić information content (AvgIpc) is 0.979. The number of imidazole rings is 1. The van der Waals surface area contributed by atoms with Gasteiger partial charge in [0.2, 0.25) is 88.6 Å². The highest BCUT2D eigenvalue weighted by Crippen LogP contribution is 2.13. The van der Waals surface area contributed by atoms with E-state index in [1.807, 2.05) is 0 Å². The average molecular weight is 1590 g/mol. The van der Waals surface area contributed by atoms with Gasteiger partial charge in [-0.1, -0.05) is 44.2 Å². The van der Waals surface area contributed by atoms with E-state index in [1.165, 1.54) is 26.4 Å². The van der Waals surface area contributed by atoms with Crippen LogP contribution in [0.3, 0.4) is 0 Å². The summed E-state index contributed by atoms with van der Waals surface area (Å²) in [6, 6.07) is -16.0. The molecule has 0 spiro atoms. The number of amides is 15. The number of rotatable bonds is 54. The normalized spacial score (nSPS) is 15.4. The molecule has 1 heterocycles. The second-order valence-corrected chi connectivity index (χ2v) is 26.9. The summed E-state index contributed by atoms with van der Waals surface area (Å²) in [5, 5.41) is 80.5. The quantitative estimate of drug-likeness (QED) is 0.0274.